The quantitative estimate of drug-likeness (QED) is 0.502. The highest BCUT2D eigenvalue weighted by Crippen LogP contribution is 2.32. The zero-order chi connectivity index (χ0) is 18.7. The van der Waals surface area contributed by atoms with Crippen molar-refractivity contribution < 1.29 is 4.39 Å². The van der Waals surface area contributed by atoms with E-state index < -0.39 is 0 Å². The number of hydrogen-bond acceptors (Lipinski definition) is 4. The molecule has 0 saturated heterocycles. The Morgan fingerprint density at radius 1 is 1.27 bits per heavy atom. The number of rotatable bonds is 4. The lowest BCUT2D eigenvalue weighted by Gasteiger charge is -2.03. The Bertz CT molecular complexity index is 1040. The number of nitriles is 1. The van der Waals surface area contributed by atoms with E-state index in [1.165, 1.54) is 23.6 Å². The topological polar surface area (TPSA) is 48.7 Å². The summed E-state index contributed by atoms with van der Waals surface area (Å²) in [5.74, 6) is -0.309. The fourth-order valence-electron chi connectivity index (χ4n) is 2.20. The molecule has 1 N–H and O–H groups in total. The van der Waals surface area contributed by atoms with E-state index in [0.29, 0.717) is 37.6 Å². The van der Waals surface area contributed by atoms with Crippen LogP contribution in [0.2, 0.25) is 10.0 Å². The Kier molecular flexibility index (Phi) is 5.58. The molecule has 3 nitrogen and oxygen atoms in total. The highest BCUT2D eigenvalue weighted by Gasteiger charge is 2.12. The Labute approximate surface area is 164 Å². The molecular weight excluding hydrogens is 392 g/mol. The molecule has 0 unspecified atom stereocenters. The smallest absolute Gasteiger partial charge is 0.136 e. The average Bonchev–Trinajstić information content (AvgIpc) is 3.08. The summed E-state index contributed by atoms with van der Waals surface area (Å²) in [7, 11) is 0. The van der Waals surface area contributed by atoms with Crippen LogP contribution in [-0.4, -0.2) is 4.98 Å². The van der Waals surface area contributed by atoms with Gasteiger partial charge in [0.05, 0.1) is 10.7 Å². The second kappa shape index (κ2) is 7.88. The van der Waals surface area contributed by atoms with Gasteiger partial charge in [-0.3, -0.25) is 0 Å². The first-order valence-electron chi connectivity index (χ1n) is 7.52. The molecule has 7 heteroatoms. The van der Waals surface area contributed by atoms with E-state index in [-0.39, 0.29) is 5.82 Å². The van der Waals surface area contributed by atoms with Gasteiger partial charge in [-0.1, -0.05) is 29.3 Å². The zero-order valence-electron chi connectivity index (χ0n) is 13.6. The van der Waals surface area contributed by atoms with E-state index in [4.69, 9.17) is 23.2 Å². The van der Waals surface area contributed by atoms with E-state index in [1.807, 2.05) is 5.38 Å². The normalized spacial score (nSPS) is 11.3. The molecule has 0 amide bonds. The Morgan fingerprint density at radius 3 is 2.77 bits per heavy atom. The van der Waals surface area contributed by atoms with Crippen molar-refractivity contribution in [2.24, 2.45) is 0 Å². The van der Waals surface area contributed by atoms with Crippen LogP contribution in [0.5, 0.6) is 0 Å². The van der Waals surface area contributed by atoms with Gasteiger partial charge in [0.2, 0.25) is 0 Å². The van der Waals surface area contributed by atoms with Gasteiger partial charge < -0.3 is 5.32 Å². The van der Waals surface area contributed by atoms with Crippen molar-refractivity contribution in [2.75, 3.05) is 5.32 Å². The first-order valence-corrected chi connectivity index (χ1v) is 9.16. The van der Waals surface area contributed by atoms with Gasteiger partial charge in [-0.15, -0.1) is 11.3 Å². The molecule has 3 aromatic rings. The van der Waals surface area contributed by atoms with Crippen molar-refractivity contribution in [2.45, 2.75) is 6.92 Å². The summed E-state index contributed by atoms with van der Waals surface area (Å²) < 4.78 is 13.6. The number of nitrogens with one attached hydrogen (secondary N) is 1. The van der Waals surface area contributed by atoms with Crippen LogP contribution in [0.1, 0.15) is 10.6 Å². The molecule has 3 rings (SSSR count). The van der Waals surface area contributed by atoms with E-state index in [9.17, 15) is 9.65 Å². The second-order valence-electron chi connectivity index (χ2n) is 5.44. The highest BCUT2D eigenvalue weighted by molar-refractivity contribution is 7.11. The first-order chi connectivity index (χ1) is 12.5. The Balaban J connectivity index is 1.86. The number of hydrogen-bond donors (Lipinski definition) is 1. The number of halogens is 3. The lowest BCUT2D eigenvalue weighted by molar-refractivity contribution is 0.619. The zero-order valence-corrected chi connectivity index (χ0v) is 15.9. The van der Waals surface area contributed by atoms with Crippen LogP contribution in [0, 0.1) is 24.1 Å². The molecule has 0 atom stereocenters. The number of aromatic nitrogens is 1. The molecule has 0 aliphatic rings. The maximum absolute atomic E-state index is 13.6. The van der Waals surface area contributed by atoms with Crippen LogP contribution in [0.3, 0.4) is 0 Å². The van der Waals surface area contributed by atoms with Crippen LogP contribution in [-0.2, 0) is 0 Å². The van der Waals surface area contributed by atoms with Crippen molar-refractivity contribution in [3.8, 4) is 17.3 Å². The fourth-order valence-corrected chi connectivity index (χ4v) is 3.49. The van der Waals surface area contributed by atoms with Gasteiger partial charge in [0.25, 0.3) is 0 Å². The summed E-state index contributed by atoms with van der Waals surface area (Å²) in [6.45, 7) is 1.69. The molecule has 0 bridgehead atoms. The van der Waals surface area contributed by atoms with Crippen molar-refractivity contribution in [3.05, 3.63) is 74.4 Å². The third kappa shape index (κ3) is 4.05. The largest absolute Gasteiger partial charge is 0.360 e. The van der Waals surface area contributed by atoms with Gasteiger partial charge in [-0.2, -0.15) is 5.26 Å². The summed E-state index contributed by atoms with van der Waals surface area (Å²) in [5.41, 5.74) is 2.86. The monoisotopic (exact) mass is 403 g/mol. The molecule has 0 aliphatic heterocycles. The molecule has 1 heterocycles. The molecule has 0 aliphatic carbocycles. The van der Waals surface area contributed by atoms with Gasteiger partial charge in [0, 0.05) is 27.9 Å². The molecule has 2 aromatic carbocycles. The molecule has 0 spiro atoms. The summed E-state index contributed by atoms with van der Waals surface area (Å²) in [5, 5.41) is 15.7. The van der Waals surface area contributed by atoms with Gasteiger partial charge in [-0.25, -0.2) is 9.37 Å². The number of allylic oxidation sites excluding steroid dienone is 1. The van der Waals surface area contributed by atoms with Crippen LogP contribution in [0.25, 0.3) is 16.8 Å². The molecule has 26 heavy (non-hydrogen) atoms. The fraction of sp³-hybridized carbons (Fsp3) is 0.0526. The maximum Gasteiger partial charge on any atom is 0.136 e. The predicted octanol–water partition coefficient (Wildman–Crippen LogP) is 6.54. The first kappa shape index (κ1) is 18.4. The summed E-state index contributed by atoms with van der Waals surface area (Å²) >= 11 is 13.4. The van der Waals surface area contributed by atoms with Gasteiger partial charge in [-0.05, 0) is 42.8 Å². The van der Waals surface area contributed by atoms with E-state index >= 15 is 0 Å². The van der Waals surface area contributed by atoms with Crippen LogP contribution in [0.15, 0.2) is 48.0 Å². The van der Waals surface area contributed by atoms with E-state index in [1.54, 1.807) is 37.3 Å². The lowest BCUT2D eigenvalue weighted by Crippen LogP contribution is -1.93. The minimum Gasteiger partial charge on any atom is -0.360 e. The average molecular weight is 404 g/mol. The Morgan fingerprint density at radius 2 is 2.08 bits per heavy atom. The third-order valence-electron chi connectivity index (χ3n) is 3.62. The number of thiazole rings is 1. The molecule has 1 aromatic heterocycles. The second-order valence-corrected chi connectivity index (χ2v) is 7.14. The molecule has 0 fully saturated rings. The number of anilines is 1. The molecule has 0 radical (unpaired) electrons. The highest BCUT2D eigenvalue weighted by atomic mass is 35.5. The molecule has 130 valence electrons. The number of aryl methyl sites for hydroxylation is 1. The van der Waals surface area contributed by atoms with Gasteiger partial charge in [0.15, 0.2) is 0 Å². The number of nitrogens with zero attached hydrogens (tertiary/aromatic N) is 2. The SMILES string of the molecule is Cc1ccc(N/C=C(\C#N)c2nc(-c3ccc(Cl)cc3Cl)cs2)cc1F. The van der Waals surface area contributed by atoms with E-state index in [2.05, 4.69) is 16.4 Å². The summed E-state index contributed by atoms with van der Waals surface area (Å²) in [6, 6.07) is 12.0. The van der Waals surface area contributed by atoms with Crippen molar-refractivity contribution in [1.29, 1.82) is 5.26 Å². The summed E-state index contributed by atoms with van der Waals surface area (Å²) in [6.07, 6.45) is 1.51. The molecule has 0 saturated carbocycles. The number of benzene rings is 2. The van der Waals surface area contributed by atoms with Crippen LogP contribution >= 0.6 is 34.5 Å². The standard InChI is InChI=1S/C19H12Cl2FN3S/c1-11-2-4-14(7-17(11)22)24-9-12(8-23)19-25-18(10-26-19)15-5-3-13(20)6-16(15)21/h2-7,9-10,24H,1H3/b12-9+. The maximum atomic E-state index is 13.6. The van der Waals surface area contributed by atoms with Gasteiger partial charge >= 0.3 is 0 Å². The van der Waals surface area contributed by atoms with Crippen LogP contribution in [0.4, 0.5) is 10.1 Å². The predicted molar refractivity (Wildman–Crippen MR) is 106 cm³/mol. The minimum absolute atomic E-state index is 0.309. The van der Waals surface area contributed by atoms with Crippen molar-refractivity contribution in [3.63, 3.8) is 0 Å². The lowest BCUT2D eigenvalue weighted by atomic mass is 10.2. The Hall–Kier alpha value is -2.39. The van der Waals surface area contributed by atoms with E-state index in [0.717, 1.165) is 5.56 Å². The summed E-state index contributed by atoms with van der Waals surface area (Å²) in [4.78, 5) is 4.47. The minimum atomic E-state index is -0.309. The van der Waals surface area contributed by atoms with Crippen molar-refractivity contribution >= 4 is 45.8 Å². The van der Waals surface area contributed by atoms with Crippen LogP contribution < -0.4 is 5.32 Å². The third-order valence-corrected chi connectivity index (χ3v) is 5.04. The van der Waals surface area contributed by atoms with Gasteiger partial charge in [0.1, 0.15) is 22.5 Å². The van der Waals surface area contributed by atoms with Crippen molar-refractivity contribution in [1.82, 2.24) is 4.98 Å². The molecular formula is C19H12Cl2FN3S.